The fourth-order valence-electron chi connectivity index (χ4n) is 11.0. The van der Waals surface area contributed by atoms with Gasteiger partial charge in [-0.1, -0.05) is 206 Å². The Kier molecular flexibility index (Phi) is 11.4. The van der Waals surface area contributed by atoms with Crippen LogP contribution in [0.15, 0.2) is 158 Å². The van der Waals surface area contributed by atoms with Crippen molar-refractivity contribution in [2.24, 2.45) is 0 Å². The average molecular weight is 932 g/mol. The summed E-state index contributed by atoms with van der Waals surface area (Å²) >= 11 is 0. The first-order chi connectivity index (χ1) is 33.3. The maximum Gasteiger partial charge on any atom is 0.252 e. The molecule has 10 rings (SSSR count). The van der Waals surface area contributed by atoms with Gasteiger partial charge >= 0.3 is 0 Å². The zero-order valence-electron chi connectivity index (χ0n) is 45.4. The van der Waals surface area contributed by atoms with Gasteiger partial charge in [-0.05, 0) is 144 Å². The molecule has 0 spiro atoms. The van der Waals surface area contributed by atoms with Crippen LogP contribution in [-0.2, 0) is 27.1 Å². The van der Waals surface area contributed by atoms with E-state index in [1.807, 2.05) is 0 Å². The maximum absolute atomic E-state index is 2.59. The molecule has 0 atom stereocenters. The van der Waals surface area contributed by atoms with E-state index >= 15 is 0 Å². The number of hydrogen-bond donors (Lipinski definition) is 0. The third-order valence-corrected chi connectivity index (χ3v) is 15.2. The van der Waals surface area contributed by atoms with Crippen LogP contribution in [0.5, 0.6) is 0 Å². The molecule has 0 aliphatic carbocycles. The topological polar surface area (TPSA) is 9.72 Å². The summed E-state index contributed by atoms with van der Waals surface area (Å²) in [6.07, 6.45) is 0. The highest BCUT2D eigenvalue weighted by molar-refractivity contribution is 7.00. The summed E-state index contributed by atoms with van der Waals surface area (Å²) in [6.45, 7) is 37.2. The van der Waals surface area contributed by atoms with Crippen LogP contribution in [0.3, 0.4) is 0 Å². The van der Waals surface area contributed by atoms with Crippen molar-refractivity contribution in [2.45, 2.75) is 138 Å². The van der Waals surface area contributed by atoms with E-state index in [0.29, 0.717) is 0 Å². The number of fused-ring (bicyclic) bond motifs is 5. The van der Waals surface area contributed by atoms with Crippen LogP contribution in [0.1, 0.15) is 137 Å². The summed E-state index contributed by atoms with van der Waals surface area (Å²) in [5.41, 5.74) is 22.2. The number of anilines is 9. The van der Waals surface area contributed by atoms with Crippen LogP contribution in [-0.4, -0.2) is 6.71 Å². The Labute approximate surface area is 426 Å². The van der Waals surface area contributed by atoms with E-state index < -0.39 is 0 Å². The minimum absolute atomic E-state index is 0.00964. The Morgan fingerprint density at radius 1 is 0.380 bits per heavy atom. The summed E-state index contributed by atoms with van der Waals surface area (Å²) in [5, 5.41) is 2.48. The lowest BCUT2D eigenvalue weighted by atomic mass is 9.33. The Balaban J connectivity index is 1.38. The molecule has 0 bridgehead atoms. The lowest BCUT2D eigenvalue weighted by molar-refractivity contribution is 0.589. The summed E-state index contributed by atoms with van der Waals surface area (Å²) in [6, 6.07) is 61.3. The first-order valence-corrected chi connectivity index (χ1v) is 26.0. The molecular weight excluding hydrogens is 858 g/mol. The second kappa shape index (κ2) is 16.8. The number of benzene rings is 8. The molecule has 0 saturated heterocycles. The molecule has 3 nitrogen and oxygen atoms in total. The van der Waals surface area contributed by atoms with Crippen LogP contribution in [0.4, 0.5) is 51.2 Å². The third-order valence-electron chi connectivity index (χ3n) is 15.2. The molecule has 0 amide bonds. The van der Waals surface area contributed by atoms with Gasteiger partial charge in [0.2, 0.25) is 0 Å². The molecule has 360 valence electrons. The molecule has 0 radical (unpaired) electrons. The molecule has 2 aliphatic heterocycles. The van der Waals surface area contributed by atoms with Crippen LogP contribution < -0.4 is 31.1 Å². The molecule has 0 saturated carbocycles. The fraction of sp³-hybridized carbons (Fsp3) is 0.313. The van der Waals surface area contributed by atoms with Gasteiger partial charge in [-0.25, -0.2) is 0 Å². The van der Waals surface area contributed by atoms with Crippen molar-refractivity contribution in [1.82, 2.24) is 0 Å². The van der Waals surface area contributed by atoms with Gasteiger partial charge in [-0.2, -0.15) is 0 Å². The summed E-state index contributed by atoms with van der Waals surface area (Å²) < 4.78 is 0. The number of nitrogens with zero attached hydrogens (tertiary/aromatic N) is 3. The minimum atomic E-state index is -0.172. The fourth-order valence-corrected chi connectivity index (χ4v) is 11.0. The predicted octanol–water partition coefficient (Wildman–Crippen LogP) is 17.2. The SMILES string of the molecule is Cc1ccc(N2c3ccc(C(C)(C)C)cc3B3c4cc(C(C)(C)C)ccc4N(c4ccc(C(C)(C)C)cc4)c4cc(N(c5ccccc5)c5c(C(C)(C)C)ccc6cc(C(C)(C)C)ccc56)cc2c43)cc1. The monoisotopic (exact) mass is 932 g/mol. The van der Waals surface area contributed by atoms with Crippen LogP contribution in [0.25, 0.3) is 10.8 Å². The lowest BCUT2D eigenvalue weighted by Gasteiger charge is -2.46. The number of para-hydroxylation sites is 1. The predicted molar refractivity (Wildman–Crippen MR) is 311 cm³/mol. The van der Waals surface area contributed by atoms with Gasteiger partial charge in [0.1, 0.15) is 0 Å². The third kappa shape index (κ3) is 8.56. The van der Waals surface area contributed by atoms with Crippen molar-refractivity contribution >= 4 is 85.1 Å². The molecule has 0 unspecified atom stereocenters. The van der Waals surface area contributed by atoms with Gasteiger partial charge in [0.05, 0.1) is 11.4 Å². The molecule has 2 heterocycles. The molecule has 8 aromatic rings. The zero-order valence-corrected chi connectivity index (χ0v) is 45.4. The Bertz CT molecular complexity index is 3330. The van der Waals surface area contributed by atoms with E-state index in [4.69, 9.17) is 0 Å². The van der Waals surface area contributed by atoms with E-state index in [2.05, 4.69) is 283 Å². The van der Waals surface area contributed by atoms with Crippen molar-refractivity contribution in [3.63, 3.8) is 0 Å². The molecular formula is C67H74BN3. The number of aryl methyl sites for hydroxylation is 1. The van der Waals surface area contributed by atoms with Gasteiger partial charge in [0, 0.05) is 45.2 Å². The zero-order chi connectivity index (χ0) is 50.7. The van der Waals surface area contributed by atoms with Gasteiger partial charge in [-0.15, -0.1) is 0 Å². The highest BCUT2D eigenvalue weighted by Crippen LogP contribution is 2.51. The van der Waals surface area contributed by atoms with Crippen LogP contribution in [0, 0.1) is 6.92 Å². The molecule has 0 N–H and O–H groups in total. The Morgan fingerprint density at radius 3 is 1.31 bits per heavy atom. The summed E-state index contributed by atoms with van der Waals surface area (Å²) in [5.74, 6) is 0. The van der Waals surface area contributed by atoms with Crippen molar-refractivity contribution in [3.8, 4) is 0 Å². The van der Waals surface area contributed by atoms with Gasteiger partial charge in [0.15, 0.2) is 0 Å². The van der Waals surface area contributed by atoms with Crippen LogP contribution in [0.2, 0.25) is 0 Å². The smallest absolute Gasteiger partial charge is 0.252 e. The molecule has 2 aliphatic rings. The summed E-state index contributed by atoms with van der Waals surface area (Å²) in [7, 11) is 0. The van der Waals surface area contributed by atoms with E-state index in [9.17, 15) is 0 Å². The molecule has 0 fully saturated rings. The minimum Gasteiger partial charge on any atom is -0.311 e. The van der Waals surface area contributed by atoms with Gasteiger partial charge in [-0.3, -0.25) is 0 Å². The quantitative estimate of drug-likeness (QED) is 0.159. The van der Waals surface area contributed by atoms with Gasteiger partial charge in [0.25, 0.3) is 6.71 Å². The standard InChI is InChI=1S/C67H74BN3/c1-43-22-30-50(31-23-43)70-57-36-28-47(65(8,9)10)39-55(57)68-56-40-48(66(11,12)13)29-37-58(56)71(51-32-25-45(26-33-51)63(2,3)4)60-42-52(41-59(70)61(60)68)69(49-20-18-17-19-21-49)62-53-34-27-46(64(5,6)7)38-44(53)24-35-54(62)67(14,15)16/h17-42H,1-16H3. The van der Waals surface area contributed by atoms with E-state index in [-0.39, 0.29) is 33.8 Å². The Morgan fingerprint density at radius 2 is 0.831 bits per heavy atom. The molecule has 71 heavy (non-hydrogen) atoms. The van der Waals surface area contributed by atoms with E-state index in [1.54, 1.807) is 0 Å². The first kappa shape index (κ1) is 48.1. The maximum atomic E-state index is 2.59. The largest absolute Gasteiger partial charge is 0.311 e. The van der Waals surface area contributed by atoms with Crippen LogP contribution >= 0.6 is 0 Å². The lowest BCUT2D eigenvalue weighted by Crippen LogP contribution is -2.61. The second-order valence-electron chi connectivity index (χ2n) is 25.7. The highest BCUT2D eigenvalue weighted by atomic mass is 15.2. The second-order valence-corrected chi connectivity index (χ2v) is 25.7. The van der Waals surface area contributed by atoms with Crippen molar-refractivity contribution in [2.75, 3.05) is 14.7 Å². The normalized spacial score (nSPS) is 13.8. The van der Waals surface area contributed by atoms with Crippen molar-refractivity contribution in [1.29, 1.82) is 0 Å². The molecule has 8 aromatic carbocycles. The molecule has 0 aromatic heterocycles. The van der Waals surface area contributed by atoms with E-state index in [0.717, 1.165) is 22.7 Å². The van der Waals surface area contributed by atoms with Gasteiger partial charge < -0.3 is 14.7 Å². The number of rotatable bonds is 5. The van der Waals surface area contributed by atoms with Crippen molar-refractivity contribution in [3.05, 3.63) is 191 Å². The number of hydrogen-bond acceptors (Lipinski definition) is 3. The highest BCUT2D eigenvalue weighted by Gasteiger charge is 2.45. The van der Waals surface area contributed by atoms with E-state index in [1.165, 1.54) is 89.0 Å². The van der Waals surface area contributed by atoms with Crippen molar-refractivity contribution < 1.29 is 0 Å². The summed E-state index contributed by atoms with van der Waals surface area (Å²) in [4.78, 5) is 7.74. The Hall–Kier alpha value is -6.52. The average Bonchev–Trinajstić information content (AvgIpc) is 3.30. The molecule has 4 heteroatoms. The first-order valence-electron chi connectivity index (χ1n) is 26.0.